The van der Waals surface area contributed by atoms with Gasteiger partial charge in [0.2, 0.25) is 5.91 Å². The number of nitrogens with zero attached hydrogens (tertiary/aromatic N) is 1. The molecule has 1 aliphatic rings. The van der Waals surface area contributed by atoms with Gasteiger partial charge in [-0.2, -0.15) is 0 Å². The van der Waals surface area contributed by atoms with Crippen LogP contribution in [0.15, 0.2) is 0 Å². The molecular formula is C15H31N3O2. The Kier molecular flexibility index (Phi) is 6.92. The normalized spacial score (nSPS) is 19.1. The van der Waals surface area contributed by atoms with Crippen LogP contribution in [0.3, 0.4) is 0 Å². The molecule has 0 aromatic heterocycles. The number of hydrogen-bond donors (Lipinski definition) is 2. The summed E-state index contributed by atoms with van der Waals surface area (Å²) in [7, 11) is 0. The topological polar surface area (TPSA) is 67.6 Å². The Labute approximate surface area is 123 Å². The van der Waals surface area contributed by atoms with Gasteiger partial charge >= 0.3 is 0 Å². The van der Waals surface area contributed by atoms with Crippen LogP contribution in [0.2, 0.25) is 0 Å². The Balaban J connectivity index is 2.45. The van der Waals surface area contributed by atoms with Crippen molar-refractivity contribution in [2.75, 3.05) is 39.4 Å². The van der Waals surface area contributed by atoms with Gasteiger partial charge in [0, 0.05) is 31.7 Å². The Morgan fingerprint density at radius 3 is 2.45 bits per heavy atom. The van der Waals surface area contributed by atoms with Gasteiger partial charge in [-0.1, -0.05) is 13.8 Å². The summed E-state index contributed by atoms with van der Waals surface area (Å²) in [6, 6.07) is 0. The van der Waals surface area contributed by atoms with Crippen LogP contribution in [-0.4, -0.2) is 55.7 Å². The van der Waals surface area contributed by atoms with Gasteiger partial charge in [0.05, 0.1) is 19.1 Å². The number of hydrogen-bond acceptors (Lipinski definition) is 4. The van der Waals surface area contributed by atoms with E-state index in [9.17, 15) is 4.79 Å². The SMILES string of the molecule is CC(C)CC(CN)C(=O)NCC(C)(C)N1CCOCC1. The molecule has 1 aliphatic heterocycles. The van der Waals surface area contributed by atoms with Gasteiger partial charge in [-0.3, -0.25) is 9.69 Å². The zero-order valence-electron chi connectivity index (χ0n) is 13.4. The minimum absolute atomic E-state index is 0.0452. The summed E-state index contributed by atoms with van der Waals surface area (Å²) in [6.07, 6.45) is 0.848. The molecule has 1 amide bonds. The van der Waals surface area contributed by atoms with Crippen molar-refractivity contribution >= 4 is 5.91 Å². The van der Waals surface area contributed by atoms with Crippen molar-refractivity contribution in [2.24, 2.45) is 17.6 Å². The number of amides is 1. The highest BCUT2D eigenvalue weighted by molar-refractivity contribution is 5.78. The summed E-state index contributed by atoms with van der Waals surface area (Å²) in [6.45, 7) is 13.0. The average Bonchev–Trinajstić information content (AvgIpc) is 2.43. The first-order valence-corrected chi connectivity index (χ1v) is 7.67. The van der Waals surface area contributed by atoms with Gasteiger partial charge < -0.3 is 15.8 Å². The van der Waals surface area contributed by atoms with E-state index in [0.29, 0.717) is 19.0 Å². The van der Waals surface area contributed by atoms with E-state index in [4.69, 9.17) is 10.5 Å². The zero-order chi connectivity index (χ0) is 15.2. The minimum atomic E-state index is -0.0736. The predicted octanol–water partition coefficient (Wildman–Crippen LogP) is 0.834. The summed E-state index contributed by atoms with van der Waals surface area (Å²) in [5.41, 5.74) is 5.67. The average molecular weight is 285 g/mol. The number of rotatable bonds is 7. The molecule has 0 aromatic rings. The Hall–Kier alpha value is -0.650. The van der Waals surface area contributed by atoms with E-state index in [0.717, 1.165) is 32.7 Å². The molecule has 1 unspecified atom stereocenters. The molecule has 0 bridgehead atoms. The molecular weight excluding hydrogens is 254 g/mol. The molecule has 5 heteroatoms. The maximum Gasteiger partial charge on any atom is 0.224 e. The van der Waals surface area contributed by atoms with Crippen molar-refractivity contribution in [3.8, 4) is 0 Å². The van der Waals surface area contributed by atoms with Crippen LogP contribution in [0.25, 0.3) is 0 Å². The second-order valence-corrected chi connectivity index (χ2v) is 6.69. The van der Waals surface area contributed by atoms with Crippen LogP contribution in [0, 0.1) is 11.8 Å². The van der Waals surface area contributed by atoms with E-state index < -0.39 is 0 Å². The van der Waals surface area contributed by atoms with Crippen LogP contribution >= 0.6 is 0 Å². The van der Waals surface area contributed by atoms with Crippen molar-refractivity contribution in [3.63, 3.8) is 0 Å². The van der Waals surface area contributed by atoms with Crippen LogP contribution in [-0.2, 0) is 9.53 Å². The number of nitrogens with two attached hydrogens (primary N) is 1. The van der Waals surface area contributed by atoms with Gasteiger partial charge in [-0.05, 0) is 26.2 Å². The summed E-state index contributed by atoms with van der Waals surface area (Å²) < 4.78 is 5.37. The lowest BCUT2D eigenvalue weighted by Gasteiger charge is -2.41. The number of carbonyl (C=O) groups excluding carboxylic acids is 1. The van der Waals surface area contributed by atoms with Gasteiger partial charge in [0.25, 0.3) is 0 Å². The molecule has 0 radical (unpaired) electrons. The number of ether oxygens (including phenoxy) is 1. The van der Waals surface area contributed by atoms with Gasteiger partial charge in [-0.25, -0.2) is 0 Å². The fourth-order valence-corrected chi connectivity index (χ4v) is 2.61. The Morgan fingerprint density at radius 2 is 1.95 bits per heavy atom. The second-order valence-electron chi connectivity index (χ2n) is 6.69. The molecule has 1 heterocycles. The first kappa shape index (κ1) is 17.4. The van der Waals surface area contributed by atoms with Crippen molar-refractivity contribution in [2.45, 2.75) is 39.7 Å². The molecule has 0 saturated carbocycles. The Morgan fingerprint density at radius 1 is 1.35 bits per heavy atom. The molecule has 1 fully saturated rings. The highest BCUT2D eigenvalue weighted by Crippen LogP contribution is 2.16. The standard InChI is InChI=1S/C15H31N3O2/c1-12(2)9-13(10-16)14(19)17-11-15(3,4)18-5-7-20-8-6-18/h12-13H,5-11,16H2,1-4H3,(H,17,19). The summed E-state index contributed by atoms with van der Waals surface area (Å²) in [4.78, 5) is 14.6. The summed E-state index contributed by atoms with van der Waals surface area (Å²) in [5.74, 6) is 0.500. The molecule has 20 heavy (non-hydrogen) atoms. The highest BCUT2D eigenvalue weighted by atomic mass is 16.5. The molecule has 118 valence electrons. The smallest absolute Gasteiger partial charge is 0.224 e. The maximum atomic E-state index is 12.2. The van der Waals surface area contributed by atoms with E-state index in [-0.39, 0.29) is 17.4 Å². The lowest BCUT2D eigenvalue weighted by molar-refractivity contribution is -0.126. The van der Waals surface area contributed by atoms with Gasteiger partial charge in [0.15, 0.2) is 0 Å². The number of morpholine rings is 1. The largest absolute Gasteiger partial charge is 0.379 e. The Bertz CT molecular complexity index is 299. The first-order valence-electron chi connectivity index (χ1n) is 7.67. The van der Waals surface area contributed by atoms with Crippen molar-refractivity contribution in [1.29, 1.82) is 0 Å². The molecule has 1 saturated heterocycles. The van der Waals surface area contributed by atoms with Gasteiger partial charge in [0.1, 0.15) is 0 Å². The third-order valence-electron chi connectivity index (χ3n) is 3.97. The molecule has 0 spiro atoms. The number of carbonyl (C=O) groups is 1. The monoisotopic (exact) mass is 285 g/mol. The third kappa shape index (κ3) is 5.38. The van der Waals surface area contributed by atoms with Crippen molar-refractivity contribution < 1.29 is 9.53 Å². The molecule has 5 nitrogen and oxygen atoms in total. The van der Waals surface area contributed by atoms with E-state index in [1.807, 2.05) is 0 Å². The zero-order valence-corrected chi connectivity index (χ0v) is 13.4. The first-order chi connectivity index (χ1) is 9.36. The molecule has 1 rings (SSSR count). The lowest BCUT2D eigenvalue weighted by Crippen LogP contribution is -2.56. The van der Waals surface area contributed by atoms with E-state index in [2.05, 4.69) is 37.9 Å². The van der Waals surface area contributed by atoms with E-state index >= 15 is 0 Å². The highest BCUT2D eigenvalue weighted by Gasteiger charge is 2.29. The lowest BCUT2D eigenvalue weighted by atomic mass is 9.95. The van der Waals surface area contributed by atoms with Crippen molar-refractivity contribution in [3.05, 3.63) is 0 Å². The van der Waals surface area contributed by atoms with Crippen LogP contribution < -0.4 is 11.1 Å². The quantitative estimate of drug-likeness (QED) is 0.727. The molecule has 0 aliphatic carbocycles. The summed E-state index contributed by atoms with van der Waals surface area (Å²) >= 11 is 0. The third-order valence-corrected chi connectivity index (χ3v) is 3.97. The maximum absolute atomic E-state index is 12.2. The fraction of sp³-hybridized carbons (Fsp3) is 0.933. The summed E-state index contributed by atoms with van der Waals surface area (Å²) in [5, 5.41) is 3.08. The molecule has 0 aromatic carbocycles. The second kappa shape index (κ2) is 7.96. The minimum Gasteiger partial charge on any atom is -0.379 e. The van der Waals surface area contributed by atoms with Crippen LogP contribution in [0.1, 0.15) is 34.1 Å². The molecule has 3 N–H and O–H groups in total. The fourth-order valence-electron chi connectivity index (χ4n) is 2.61. The van der Waals surface area contributed by atoms with Crippen molar-refractivity contribution in [1.82, 2.24) is 10.2 Å². The van der Waals surface area contributed by atoms with Crippen LogP contribution in [0.4, 0.5) is 0 Å². The van der Waals surface area contributed by atoms with Crippen LogP contribution in [0.5, 0.6) is 0 Å². The van der Waals surface area contributed by atoms with Gasteiger partial charge in [-0.15, -0.1) is 0 Å². The molecule has 1 atom stereocenters. The van der Waals surface area contributed by atoms with E-state index in [1.165, 1.54) is 0 Å². The van der Waals surface area contributed by atoms with E-state index in [1.54, 1.807) is 0 Å². The number of nitrogens with one attached hydrogen (secondary N) is 1. The predicted molar refractivity (Wildman–Crippen MR) is 81.5 cm³/mol.